The molecule has 2 atom stereocenters. The SMILES string of the molecule is CCn1c(CC(=O)Nc2cccc(OC)c2)nnc1SCC(=O)NC1CCCCC1C. The van der Waals surface area contributed by atoms with Crippen molar-refractivity contribution in [1.29, 1.82) is 0 Å². The summed E-state index contributed by atoms with van der Waals surface area (Å²) in [4.78, 5) is 24.9. The minimum absolute atomic E-state index is 0.0201. The number of nitrogens with one attached hydrogen (secondary N) is 2. The van der Waals surface area contributed by atoms with Gasteiger partial charge in [0.15, 0.2) is 5.16 Å². The number of benzene rings is 1. The zero-order valence-corrected chi connectivity index (χ0v) is 19.2. The van der Waals surface area contributed by atoms with E-state index >= 15 is 0 Å². The van der Waals surface area contributed by atoms with E-state index in [-0.39, 0.29) is 30.0 Å². The second-order valence-corrected chi connectivity index (χ2v) is 8.77. The van der Waals surface area contributed by atoms with Gasteiger partial charge in [-0.3, -0.25) is 9.59 Å². The number of ether oxygens (including phenoxy) is 1. The Bertz CT molecular complexity index is 901. The molecule has 3 rings (SSSR count). The molecule has 2 unspecified atom stereocenters. The van der Waals surface area contributed by atoms with Crippen molar-refractivity contribution in [3.8, 4) is 5.75 Å². The van der Waals surface area contributed by atoms with Gasteiger partial charge in [0.1, 0.15) is 11.6 Å². The fourth-order valence-corrected chi connectivity index (χ4v) is 4.67. The fraction of sp³-hybridized carbons (Fsp3) is 0.545. The van der Waals surface area contributed by atoms with Gasteiger partial charge < -0.3 is 19.9 Å². The lowest BCUT2D eigenvalue weighted by atomic mass is 9.86. The normalized spacial score (nSPS) is 18.4. The number of methoxy groups -OCH3 is 1. The van der Waals surface area contributed by atoms with Crippen LogP contribution in [0.3, 0.4) is 0 Å². The smallest absolute Gasteiger partial charge is 0.232 e. The molecule has 168 valence electrons. The lowest BCUT2D eigenvalue weighted by molar-refractivity contribution is -0.120. The molecule has 0 saturated heterocycles. The van der Waals surface area contributed by atoms with Gasteiger partial charge in [0.25, 0.3) is 0 Å². The van der Waals surface area contributed by atoms with E-state index in [4.69, 9.17) is 4.74 Å². The van der Waals surface area contributed by atoms with Gasteiger partial charge in [-0.2, -0.15) is 0 Å². The van der Waals surface area contributed by atoms with Gasteiger partial charge in [-0.25, -0.2) is 0 Å². The molecule has 1 aliphatic rings. The number of hydrogen-bond acceptors (Lipinski definition) is 6. The number of aromatic nitrogens is 3. The van der Waals surface area contributed by atoms with Crippen LogP contribution in [0.1, 0.15) is 45.4 Å². The zero-order chi connectivity index (χ0) is 22.2. The highest BCUT2D eigenvalue weighted by atomic mass is 32.2. The largest absolute Gasteiger partial charge is 0.497 e. The highest BCUT2D eigenvalue weighted by Crippen LogP contribution is 2.24. The maximum atomic E-state index is 12.5. The third-order valence-electron chi connectivity index (χ3n) is 5.57. The molecule has 1 aliphatic carbocycles. The fourth-order valence-electron chi connectivity index (χ4n) is 3.83. The summed E-state index contributed by atoms with van der Waals surface area (Å²) in [5.74, 6) is 1.90. The van der Waals surface area contributed by atoms with E-state index in [1.807, 2.05) is 23.6 Å². The lowest BCUT2D eigenvalue weighted by Gasteiger charge is -2.29. The van der Waals surface area contributed by atoms with Crippen LogP contribution in [0.15, 0.2) is 29.4 Å². The van der Waals surface area contributed by atoms with Crippen LogP contribution in [0.5, 0.6) is 5.75 Å². The topological polar surface area (TPSA) is 98.1 Å². The average molecular weight is 446 g/mol. The van der Waals surface area contributed by atoms with E-state index < -0.39 is 0 Å². The lowest BCUT2D eigenvalue weighted by Crippen LogP contribution is -2.41. The summed E-state index contributed by atoms with van der Waals surface area (Å²) in [6.45, 7) is 4.80. The van der Waals surface area contributed by atoms with Gasteiger partial charge in [0.05, 0.1) is 19.3 Å². The minimum Gasteiger partial charge on any atom is -0.497 e. The third-order valence-corrected chi connectivity index (χ3v) is 6.54. The number of nitrogens with zero attached hydrogens (tertiary/aromatic N) is 3. The van der Waals surface area contributed by atoms with Gasteiger partial charge in [-0.05, 0) is 37.8 Å². The van der Waals surface area contributed by atoms with E-state index in [1.54, 1.807) is 19.2 Å². The average Bonchev–Trinajstić information content (AvgIpc) is 3.15. The quantitative estimate of drug-likeness (QED) is 0.575. The van der Waals surface area contributed by atoms with E-state index in [0.717, 1.165) is 6.42 Å². The molecule has 1 aromatic carbocycles. The Morgan fingerprint density at radius 2 is 2.03 bits per heavy atom. The molecule has 2 amide bonds. The van der Waals surface area contributed by atoms with E-state index in [0.29, 0.717) is 34.9 Å². The summed E-state index contributed by atoms with van der Waals surface area (Å²) in [7, 11) is 1.58. The van der Waals surface area contributed by atoms with Gasteiger partial charge in [-0.15, -0.1) is 10.2 Å². The summed E-state index contributed by atoms with van der Waals surface area (Å²) < 4.78 is 7.06. The first-order valence-corrected chi connectivity index (χ1v) is 11.8. The molecule has 2 aromatic rings. The Kier molecular flexibility index (Phi) is 8.34. The van der Waals surface area contributed by atoms with Crippen LogP contribution >= 0.6 is 11.8 Å². The molecule has 1 fully saturated rings. The monoisotopic (exact) mass is 445 g/mol. The second-order valence-electron chi connectivity index (χ2n) is 7.82. The van der Waals surface area contributed by atoms with Crippen LogP contribution in [-0.4, -0.2) is 45.5 Å². The van der Waals surface area contributed by atoms with Crippen LogP contribution in [0.25, 0.3) is 0 Å². The van der Waals surface area contributed by atoms with Crippen LogP contribution in [-0.2, 0) is 22.6 Å². The summed E-state index contributed by atoms with van der Waals surface area (Å²) in [6, 6.07) is 7.46. The van der Waals surface area contributed by atoms with Gasteiger partial charge in [0, 0.05) is 24.3 Å². The molecule has 0 radical (unpaired) electrons. The third kappa shape index (κ3) is 6.46. The Morgan fingerprint density at radius 3 is 2.77 bits per heavy atom. The Morgan fingerprint density at radius 1 is 1.23 bits per heavy atom. The van der Waals surface area contributed by atoms with Gasteiger partial charge in [-0.1, -0.05) is 37.6 Å². The van der Waals surface area contributed by atoms with E-state index in [9.17, 15) is 9.59 Å². The van der Waals surface area contributed by atoms with Crippen molar-refractivity contribution in [2.75, 3.05) is 18.2 Å². The maximum Gasteiger partial charge on any atom is 0.232 e. The van der Waals surface area contributed by atoms with Crippen LogP contribution in [0.2, 0.25) is 0 Å². The van der Waals surface area contributed by atoms with Gasteiger partial charge in [0.2, 0.25) is 11.8 Å². The molecule has 1 aromatic heterocycles. The number of anilines is 1. The molecule has 1 heterocycles. The molecular formula is C22H31N5O3S. The summed E-state index contributed by atoms with van der Waals surface area (Å²) in [5.41, 5.74) is 0.662. The van der Waals surface area contributed by atoms with Crippen molar-refractivity contribution in [2.45, 2.75) is 63.7 Å². The number of carbonyl (C=O) groups excluding carboxylic acids is 2. The van der Waals surface area contributed by atoms with Crippen molar-refractivity contribution < 1.29 is 14.3 Å². The first kappa shape index (κ1) is 23.1. The Hall–Kier alpha value is -2.55. The van der Waals surface area contributed by atoms with Crippen molar-refractivity contribution >= 4 is 29.3 Å². The predicted octanol–water partition coefficient (Wildman–Crippen LogP) is 3.27. The van der Waals surface area contributed by atoms with Crippen molar-refractivity contribution in [1.82, 2.24) is 20.1 Å². The number of amides is 2. The van der Waals surface area contributed by atoms with Crippen molar-refractivity contribution in [2.24, 2.45) is 5.92 Å². The minimum atomic E-state index is -0.184. The maximum absolute atomic E-state index is 12.5. The standard InChI is InChI=1S/C22H31N5O3S/c1-4-27-19(13-20(28)23-16-9-7-10-17(12-16)30-3)25-26-22(27)31-14-21(29)24-18-11-6-5-8-15(18)2/h7,9-10,12,15,18H,4-6,8,11,13-14H2,1-3H3,(H,23,28)(H,24,29). The summed E-state index contributed by atoms with van der Waals surface area (Å²) >= 11 is 1.36. The first-order valence-electron chi connectivity index (χ1n) is 10.8. The molecule has 8 nitrogen and oxygen atoms in total. The van der Waals surface area contributed by atoms with E-state index in [2.05, 4.69) is 27.8 Å². The predicted molar refractivity (Wildman–Crippen MR) is 121 cm³/mol. The Balaban J connectivity index is 1.54. The summed E-state index contributed by atoms with van der Waals surface area (Å²) in [6.07, 6.45) is 4.74. The molecule has 0 aliphatic heterocycles. The number of hydrogen-bond donors (Lipinski definition) is 2. The Labute approximate surface area is 187 Å². The molecule has 1 saturated carbocycles. The zero-order valence-electron chi connectivity index (χ0n) is 18.4. The molecule has 0 spiro atoms. The highest BCUT2D eigenvalue weighted by Gasteiger charge is 2.23. The van der Waals surface area contributed by atoms with Crippen LogP contribution < -0.4 is 15.4 Å². The van der Waals surface area contributed by atoms with Crippen LogP contribution in [0.4, 0.5) is 5.69 Å². The molecule has 9 heteroatoms. The first-order chi connectivity index (χ1) is 15.0. The molecule has 31 heavy (non-hydrogen) atoms. The number of carbonyl (C=O) groups is 2. The van der Waals surface area contributed by atoms with Crippen LogP contribution in [0, 0.1) is 5.92 Å². The van der Waals surface area contributed by atoms with Gasteiger partial charge >= 0.3 is 0 Å². The highest BCUT2D eigenvalue weighted by molar-refractivity contribution is 7.99. The number of thioether (sulfide) groups is 1. The second kappa shape index (κ2) is 11.2. The number of rotatable bonds is 9. The van der Waals surface area contributed by atoms with E-state index in [1.165, 1.54) is 31.0 Å². The molecule has 2 N–H and O–H groups in total. The molecular weight excluding hydrogens is 414 g/mol. The molecule has 0 bridgehead atoms. The van der Waals surface area contributed by atoms with Crippen molar-refractivity contribution in [3.05, 3.63) is 30.1 Å². The summed E-state index contributed by atoms with van der Waals surface area (Å²) in [5, 5.41) is 15.1. The van der Waals surface area contributed by atoms with Crippen molar-refractivity contribution in [3.63, 3.8) is 0 Å².